The smallest absolute Gasteiger partial charge is 0.0325 e. The van der Waals surface area contributed by atoms with Gasteiger partial charge < -0.3 is 0 Å². The van der Waals surface area contributed by atoms with Crippen LogP contribution in [0, 0.1) is 23.7 Å². The Hall–Kier alpha value is -0.260. The fraction of sp³-hybridized carbons (Fsp3) is 0.882. The topological polar surface area (TPSA) is 0 Å². The van der Waals surface area contributed by atoms with Gasteiger partial charge in [0.25, 0.3) is 0 Å². The second-order valence-corrected chi connectivity index (χ2v) is 6.33. The normalized spacial score (nSPS) is 38.2. The molecule has 100 valence electrons. The van der Waals surface area contributed by atoms with Gasteiger partial charge in [0.1, 0.15) is 0 Å². The molecule has 0 aromatic rings. The molecule has 0 saturated heterocycles. The third-order valence-electron chi connectivity index (χ3n) is 5.12. The van der Waals surface area contributed by atoms with E-state index < -0.39 is 0 Å². The summed E-state index contributed by atoms with van der Waals surface area (Å²) in [5.74, 6) is 4.14. The maximum Gasteiger partial charge on any atom is -0.0325 e. The molecule has 0 atom stereocenters. The number of hydrogen-bond donors (Lipinski definition) is 0. The summed E-state index contributed by atoms with van der Waals surface area (Å²) in [4.78, 5) is 0. The van der Waals surface area contributed by atoms with Gasteiger partial charge in [0, 0.05) is 0 Å². The predicted molar refractivity (Wildman–Crippen MR) is 78.1 cm³/mol. The molecular weight excluding hydrogens is 204 g/mol. The zero-order chi connectivity index (χ0) is 11.4. The molecular formula is C17H32. The molecule has 0 heteroatoms. The highest BCUT2D eigenvalue weighted by Gasteiger charge is 2.29. The molecule has 0 bridgehead atoms. The largest absolute Gasteiger partial charge is 0.103 e. The lowest BCUT2D eigenvalue weighted by molar-refractivity contribution is 0.151. The summed E-state index contributed by atoms with van der Waals surface area (Å²) >= 11 is 0. The highest BCUT2D eigenvalue weighted by atomic mass is 14.3. The zero-order valence-electron chi connectivity index (χ0n) is 11.0. The Bertz CT molecular complexity index is 202. The molecule has 0 aromatic carbocycles. The molecule has 2 aliphatic rings. The molecule has 0 N–H and O–H groups in total. The Kier molecular flexibility index (Phi) is 6.30. The fourth-order valence-electron chi connectivity index (χ4n) is 3.89. The van der Waals surface area contributed by atoms with Gasteiger partial charge in [-0.15, -0.1) is 6.58 Å². The van der Waals surface area contributed by atoms with E-state index in [2.05, 4.69) is 19.6 Å². The molecule has 0 unspecified atom stereocenters. The molecule has 0 aliphatic heterocycles. The maximum absolute atomic E-state index is 3.87. The van der Waals surface area contributed by atoms with Gasteiger partial charge in [-0.3, -0.25) is 0 Å². The van der Waals surface area contributed by atoms with Gasteiger partial charge in [0.05, 0.1) is 0 Å². The number of rotatable bonds is 3. The van der Waals surface area contributed by atoms with Crippen molar-refractivity contribution >= 4 is 0 Å². The molecule has 0 aromatic heterocycles. The van der Waals surface area contributed by atoms with Crippen LogP contribution in [0.3, 0.4) is 0 Å². The first-order chi connectivity index (χ1) is 7.79. The van der Waals surface area contributed by atoms with Crippen molar-refractivity contribution in [2.45, 2.75) is 72.1 Å². The minimum absolute atomic E-state index is 0. The summed E-state index contributed by atoms with van der Waals surface area (Å²) in [6.45, 7) is 6.30. The second kappa shape index (κ2) is 7.24. The molecule has 0 heterocycles. The van der Waals surface area contributed by atoms with Crippen molar-refractivity contribution < 1.29 is 0 Å². The van der Waals surface area contributed by atoms with Gasteiger partial charge in [-0.1, -0.05) is 33.3 Å². The molecule has 2 saturated carbocycles. The van der Waals surface area contributed by atoms with Crippen LogP contribution in [0.4, 0.5) is 0 Å². The first kappa shape index (κ1) is 14.8. The Labute approximate surface area is 109 Å². The molecule has 2 fully saturated rings. The molecule has 0 radical (unpaired) electrons. The van der Waals surface area contributed by atoms with Gasteiger partial charge >= 0.3 is 0 Å². The van der Waals surface area contributed by atoms with Crippen LogP contribution in [0.25, 0.3) is 0 Å². The minimum atomic E-state index is 0. The Morgan fingerprint density at radius 2 is 1.35 bits per heavy atom. The van der Waals surface area contributed by atoms with Crippen LogP contribution in [-0.4, -0.2) is 0 Å². The molecule has 17 heavy (non-hydrogen) atoms. The van der Waals surface area contributed by atoms with Crippen molar-refractivity contribution in [3.8, 4) is 0 Å². The summed E-state index contributed by atoms with van der Waals surface area (Å²) in [6.07, 6.45) is 15.4. The highest BCUT2D eigenvalue weighted by molar-refractivity contribution is 4.83. The zero-order valence-corrected chi connectivity index (χ0v) is 11.0. The lowest BCUT2D eigenvalue weighted by Crippen LogP contribution is -2.25. The van der Waals surface area contributed by atoms with Crippen molar-refractivity contribution in [3.05, 3.63) is 12.7 Å². The molecule has 0 amide bonds. The Morgan fingerprint density at radius 1 is 0.882 bits per heavy atom. The van der Waals surface area contributed by atoms with E-state index in [1.54, 1.807) is 0 Å². The average molecular weight is 236 g/mol. The van der Waals surface area contributed by atoms with Crippen molar-refractivity contribution in [1.82, 2.24) is 0 Å². The molecule has 2 rings (SSSR count). The maximum atomic E-state index is 3.87. The number of hydrogen-bond acceptors (Lipinski definition) is 0. The fourth-order valence-corrected chi connectivity index (χ4v) is 3.89. The minimum Gasteiger partial charge on any atom is -0.103 e. The third kappa shape index (κ3) is 4.16. The standard InChI is InChI=1S/C16H28.CH4/c1-3-4-14-7-11-16(12-8-14)15-9-5-13(2)6-10-15;/h3,13-16H,1,4-12H2,2H3;1H4. The first-order valence-corrected chi connectivity index (χ1v) is 7.40. The Morgan fingerprint density at radius 3 is 1.82 bits per heavy atom. The number of allylic oxidation sites excluding steroid dienone is 1. The summed E-state index contributed by atoms with van der Waals surface area (Å²) in [6, 6.07) is 0. The van der Waals surface area contributed by atoms with Crippen molar-refractivity contribution in [2.75, 3.05) is 0 Å². The van der Waals surface area contributed by atoms with E-state index in [9.17, 15) is 0 Å². The van der Waals surface area contributed by atoms with Crippen molar-refractivity contribution in [2.24, 2.45) is 23.7 Å². The van der Waals surface area contributed by atoms with Crippen LogP contribution in [0.2, 0.25) is 0 Å². The average Bonchev–Trinajstić information content (AvgIpc) is 2.32. The molecule has 2 aliphatic carbocycles. The van der Waals surface area contributed by atoms with Crippen LogP contribution in [-0.2, 0) is 0 Å². The van der Waals surface area contributed by atoms with Crippen LogP contribution in [0.5, 0.6) is 0 Å². The van der Waals surface area contributed by atoms with E-state index in [0.29, 0.717) is 0 Å². The van der Waals surface area contributed by atoms with E-state index in [1.807, 2.05) is 0 Å². The quantitative estimate of drug-likeness (QED) is 0.541. The molecule has 0 nitrogen and oxygen atoms in total. The highest BCUT2D eigenvalue weighted by Crippen LogP contribution is 2.41. The van der Waals surface area contributed by atoms with E-state index >= 15 is 0 Å². The molecule has 0 spiro atoms. The summed E-state index contributed by atoms with van der Waals surface area (Å²) in [7, 11) is 0. The summed E-state index contributed by atoms with van der Waals surface area (Å²) in [5.41, 5.74) is 0. The lowest BCUT2D eigenvalue weighted by Gasteiger charge is -2.37. The lowest BCUT2D eigenvalue weighted by atomic mass is 9.69. The Balaban J connectivity index is 0.00000144. The van der Waals surface area contributed by atoms with Crippen LogP contribution < -0.4 is 0 Å². The second-order valence-electron chi connectivity index (χ2n) is 6.33. The van der Waals surface area contributed by atoms with Gasteiger partial charge in [-0.25, -0.2) is 0 Å². The van der Waals surface area contributed by atoms with Crippen LogP contribution >= 0.6 is 0 Å². The van der Waals surface area contributed by atoms with Crippen molar-refractivity contribution in [1.29, 1.82) is 0 Å². The van der Waals surface area contributed by atoms with Crippen LogP contribution in [0.15, 0.2) is 12.7 Å². The van der Waals surface area contributed by atoms with Gasteiger partial charge in [0.2, 0.25) is 0 Å². The van der Waals surface area contributed by atoms with E-state index in [0.717, 1.165) is 23.7 Å². The first-order valence-electron chi connectivity index (χ1n) is 7.40. The van der Waals surface area contributed by atoms with Gasteiger partial charge in [-0.05, 0) is 68.6 Å². The van der Waals surface area contributed by atoms with Gasteiger partial charge in [0.15, 0.2) is 0 Å². The van der Waals surface area contributed by atoms with Gasteiger partial charge in [-0.2, -0.15) is 0 Å². The SMILES string of the molecule is C.C=CCC1CCC(C2CCC(C)CC2)CC1. The predicted octanol–water partition coefficient (Wildman–Crippen LogP) is 5.83. The van der Waals surface area contributed by atoms with E-state index in [1.165, 1.54) is 57.8 Å². The van der Waals surface area contributed by atoms with E-state index in [4.69, 9.17) is 0 Å². The summed E-state index contributed by atoms with van der Waals surface area (Å²) < 4.78 is 0. The van der Waals surface area contributed by atoms with E-state index in [-0.39, 0.29) is 7.43 Å². The monoisotopic (exact) mass is 236 g/mol. The van der Waals surface area contributed by atoms with Crippen LogP contribution in [0.1, 0.15) is 72.1 Å². The third-order valence-corrected chi connectivity index (χ3v) is 5.12. The summed E-state index contributed by atoms with van der Waals surface area (Å²) in [5, 5.41) is 0. The van der Waals surface area contributed by atoms with Crippen molar-refractivity contribution in [3.63, 3.8) is 0 Å².